The molecule has 1 aliphatic rings. The van der Waals surface area contributed by atoms with Crippen LogP contribution in [-0.2, 0) is 17.8 Å². The molecule has 1 atom stereocenters. The third-order valence-electron chi connectivity index (χ3n) is 5.66. The summed E-state index contributed by atoms with van der Waals surface area (Å²) in [6.45, 7) is 3.55. The van der Waals surface area contributed by atoms with E-state index in [1.807, 2.05) is 18.2 Å². The van der Waals surface area contributed by atoms with Crippen molar-refractivity contribution in [2.24, 2.45) is 11.5 Å². The average molecular weight is 461 g/mol. The monoisotopic (exact) mass is 460 g/mol. The second kappa shape index (κ2) is 11.0. The number of carbonyl (C=O) groups is 2. The maximum atomic E-state index is 12.8. The first-order valence-corrected chi connectivity index (χ1v) is 11.2. The molecule has 2 amide bonds. The molecule has 1 aromatic heterocycles. The number of morpholine rings is 1. The molecule has 0 radical (unpaired) electrons. The van der Waals surface area contributed by atoms with E-state index < -0.39 is 5.91 Å². The van der Waals surface area contributed by atoms with Gasteiger partial charge in [0.25, 0.3) is 11.8 Å². The number of benzene rings is 2. The summed E-state index contributed by atoms with van der Waals surface area (Å²) in [5, 5.41) is 2.96. The van der Waals surface area contributed by atoms with Crippen molar-refractivity contribution in [3.63, 3.8) is 0 Å². The van der Waals surface area contributed by atoms with E-state index in [9.17, 15) is 9.59 Å². The third kappa shape index (κ3) is 5.82. The Morgan fingerprint density at radius 1 is 1.15 bits per heavy atom. The highest BCUT2D eigenvalue weighted by atomic mass is 16.5. The molecule has 4 rings (SSSR count). The minimum absolute atomic E-state index is 0.0318. The van der Waals surface area contributed by atoms with Gasteiger partial charge >= 0.3 is 0 Å². The van der Waals surface area contributed by atoms with Gasteiger partial charge in [-0.3, -0.25) is 19.5 Å². The lowest BCUT2D eigenvalue weighted by Crippen LogP contribution is -2.47. The van der Waals surface area contributed by atoms with Crippen LogP contribution in [0, 0.1) is 0 Å². The van der Waals surface area contributed by atoms with E-state index >= 15 is 0 Å². The van der Waals surface area contributed by atoms with Crippen LogP contribution in [0.2, 0.25) is 0 Å². The number of nitrogens with zero attached hydrogens (tertiary/aromatic N) is 3. The van der Waals surface area contributed by atoms with Crippen LogP contribution >= 0.6 is 0 Å². The summed E-state index contributed by atoms with van der Waals surface area (Å²) < 4.78 is 5.85. The normalized spacial score (nSPS) is 16.2. The zero-order valence-corrected chi connectivity index (χ0v) is 18.8. The van der Waals surface area contributed by atoms with Gasteiger partial charge in [0.05, 0.1) is 30.3 Å². The molecule has 0 saturated carbocycles. The molecule has 2 aromatic carbocycles. The topological polar surface area (TPSA) is 136 Å². The van der Waals surface area contributed by atoms with Crippen molar-refractivity contribution in [2.45, 2.75) is 19.2 Å². The van der Waals surface area contributed by atoms with Gasteiger partial charge in [0.2, 0.25) is 0 Å². The quantitative estimate of drug-likeness (QED) is 0.461. The van der Waals surface area contributed by atoms with Crippen LogP contribution in [0.1, 0.15) is 32.1 Å². The average Bonchev–Trinajstić information content (AvgIpc) is 2.87. The van der Waals surface area contributed by atoms with Gasteiger partial charge in [-0.2, -0.15) is 0 Å². The predicted octanol–water partition coefficient (Wildman–Crippen LogP) is 1.33. The maximum Gasteiger partial charge on any atom is 0.269 e. The number of ether oxygens (including phenoxy) is 1. The number of aromatic nitrogens is 2. The Morgan fingerprint density at radius 2 is 1.97 bits per heavy atom. The van der Waals surface area contributed by atoms with Crippen molar-refractivity contribution in [1.29, 1.82) is 0 Å². The Balaban J connectivity index is 1.38. The standard InChI is InChI=1S/C25H28N6O3/c26-12-21-23(24(27)32)30-22(14-28-21)18-7-4-8-19(11-18)25(33)29-13-20-16-31(9-10-34-20)15-17-5-2-1-3-6-17/h1-8,11,14,20H,9-10,12-13,15-16,26H2,(H2,27,32)(H,29,33). The lowest BCUT2D eigenvalue weighted by molar-refractivity contribution is -0.0292. The summed E-state index contributed by atoms with van der Waals surface area (Å²) in [7, 11) is 0. The Bertz CT molecular complexity index is 1150. The zero-order valence-electron chi connectivity index (χ0n) is 18.8. The molecule has 1 saturated heterocycles. The fourth-order valence-corrected chi connectivity index (χ4v) is 3.92. The molecule has 0 aliphatic carbocycles. The number of primary amides is 1. The highest BCUT2D eigenvalue weighted by Gasteiger charge is 2.21. The van der Waals surface area contributed by atoms with E-state index in [2.05, 4.69) is 32.3 Å². The summed E-state index contributed by atoms with van der Waals surface area (Å²) in [6.07, 6.45) is 1.43. The van der Waals surface area contributed by atoms with Crippen LogP contribution in [0.25, 0.3) is 11.3 Å². The number of hydrogen-bond donors (Lipinski definition) is 3. The van der Waals surface area contributed by atoms with Gasteiger partial charge in [-0.15, -0.1) is 0 Å². The van der Waals surface area contributed by atoms with Crippen LogP contribution in [-0.4, -0.2) is 59.0 Å². The molecule has 1 fully saturated rings. The van der Waals surface area contributed by atoms with Crippen molar-refractivity contribution in [3.8, 4) is 11.3 Å². The molecule has 176 valence electrons. The summed E-state index contributed by atoms with van der Waals surface area (Å²) >= 11 is 0. The van der Waals surface area contributed by atoms with Gasteiger partial charge in [-0.1, -0.05) is 42.5 Å². The van der Waals surface area contributed by atoms with E-state index in [1.165, 1.54) is 11.8 Å². The van der Waals surface area contributed by atoms with Crippen molar-refractivity contribution in [2.75, 3.05) is 26.2 Å². The zero-order chi connectivity index (χ0) is 23.9. The summed E-state index contributed by atoms with van der Waals surface area (Å²) in [4.78, 5) is 35.3. The van der Waals surface area contributed by atoms with E-state index in [0.29, 0.717) is 35.7 Å². The summed E-state index contributed by atoms with van der Waals surface area (Å²) in [6, 6.07) is 17.3. The Morgan fingerprint density at radius 3 is 2.74 bits per heavy atom. The molecular weight excluding hydrogens is 432 g/mol. The highest BCUT2D eigenvalue weighted by molar-refractivity contribution is 5.95. The summed E-state index contributed by atoms with van der Waals surface area (Å²) in [5.74, 6) is -0.912. The second-order valence-corrected chi connectivity index (χ2v) is 8.12. The fraction of sp³-hybridized carbons (Fsp3) is 0.280. The van der Waals surface area contributed by atoms with Crippen LogP contribution in [0.15, 0.2) is 60.8 Å². The van der Waals surface area contributed by atoms with Crippen molar-refractivity contribution < 1.29 is 14.3 Å². The van der Waals surface area contributed by atoms with Gasteiger partial charge in [-0.05, 0) is 17.7 Å². The number of amides is 2. The van der Waals surface area contributed by atoms with Crippen LogP contribution in [0.4, 0.5) is 0 Å². The number of carbonyl (C=O) groups excluding carboxylic acids is 2. The third-order valence-corrected chi connectivity index (χ3v) is 5.66. The molecule has 5 N–H and O–H groups in total. The smallest absolute Gasteiger partial charge is 0.269 e. The Labute approximate surface area is 198 Å². The lowest BCUT2D eigenvalue weighted by atomic mass is 10.1. The molecule has 34 heavy (non-hydrogen) atoms. The first-order chi connectivity index (χ1) is 16.5. The van der Waals surface area contributed by atoms with Gasteiger partial charge in [0.1, 0.15) is 0 Å². The highest BCUT2D eigenvalue weighted by Crippen LogP contribution is 2.19. The molecule has 0 bridgehead atoms. The minimum atomic E-state index is -0.697. The summed E-state index contributed by atoms with van der Waals surface area (Å²) in [5.41, 5.74) is 14.2. The molecule has 1 unspecified atom stereocenters. The van der Waals surface area contributed by atoms with Crippen LogP contribution in [0.3, 0.4) is 0 Å². The number of nitrogens with two attached hydrogens (primary N) is 2. The number of hydrogen-bond acceptors (Lipinski definition) is 7. The molecular formula is C25H28N6O3. The first-order valence-electron chi connectivity index (χ1n) is 11.2. The van der Waals surface area contributed by atoms with Gasteiger partial charge in [0.15, 0.2) is 5.69 Å². The number of nitrogens with one attached hydrogen (secondary N) is 1. The molecule has 0 spiro atoms. The fourth-order valence-electron chi connectivity index (χ4n) is 3.92. The molecule has 3 aromatic rings. The molecule has 1 aliphatic heterocycles. The number of rotatable bonds is 8. The SMILES string of the molecule is NCc1ncc(-c2cccc(C(=O)NCC3CN(Cc4ccccc4)CCO3)c2)nc1C(N)=O. The Hall–Kier alpha value is -3.66. The van der Waals surface area contributed by atoms with Crippen molar-refractivity contribution in [1.82, 2.24) is 20.2 Å². The van der Waals surface area contributed by atoms with E-state index in [1.54, 1.807) is 24.3 Å². The second-order valence-electron chi connectivity index (χ2n) is 8.12. The molecule has 9 heteroatoms. The van der Waals surface area contributed by atoms with Crippen LogP contribution in [0.5, 0.6) is 0 Å². The minimum Gasteiger partial charge on any atom is -0.374 e. The Kier molecular flexibility index (Phi) is 7.58. The van der Waals surface area contributed by atoms with E-state index in [4.69, 9.17) is 16.2 Å². The first kappa shape index (κ1) is 23.5. The molecule has 2 heterocycles. The van der Waals surface area contributed by atoms with E-state index in [-0.39, 0.29) is 24.2 Å². The van der Waals surface area contributed by atoms with E-state index in [0.717, 1.165) is 19.6 Å². The van der Waals surface area contributed by atoms with Crippen molar-refractivity contribution >= 4 is 11.8 Å². The predicted molar refractivity (Wildman–Crippen MR) is 128 cm³/mol. The molecule has 9 nitrogen and oxygen atoms in total. The largest absolute Gasteiger partial charge is 0.374 e. The van der Waals surface area contributed by atoms with Crippen molar-refractivity contribution in [3.05, 3.63) is 83.3 Å². The van der Waals surface area contributed by atoms with Gasteiger partial charge in [0, 0.05) is 43.9 Å². The van der Waals surface area contributed by atoms with Crippen LogP contribution < -0.4 is 16.8 Å². The van der Waals surface area contributed by atoms with Gasteiger partial charge in [-0.25, -0.2) is 4.98 Å². The van der Waals surface area contributed by atoms with Gasteiger partial charge < -0.3 is 21.5 Å². The lowest BCUT2D eigenvalue weighted by Gasteiger charge is -2.33. The maximum absolute atomic E-state index is 12.8.